The molecule has 2 aliphatic rings. The molecule has 2 fully saturated rings. The third-order valence-corrected chi connectivity index (χ3v) is 4.55. The molecule has 4 nitrogen and oxygen atoms in total. The number of rotatable bonds is 5. The van der Waals surface area contributed by atoms with E-state index in [-0.39, 0.29) is 18.4 Å². The number of piperazine rings is 1. The highest BCUT2D eigenvalue weighted by Gasteiger charge is 2.47. The van der Waals surface area contributed by atoms with E-state index in [1.807, 2.05) is 6.08 Å². The van der Waals surface area contributed by atoms with Crippen LogP contribution < -0.4 is 5.32 Å². The summed E-state index contributed by atoms with van der Waals surface area (Å²) in [4.78, 5) is 25.9. The maximum absolute atomic E-state index is 12.4. The Balaban J connectivity index is 1.95. The molecule has 1 spiro atoms. The van der Waals surface area contributed by atoms with Crippen LogP contribution in [0, 0.1) is 0 Å². The van der Waals surface area contributed by atoms with Crippen LogP contribution in [-0.4, -0.2) is 46.8 Å². The minimum Gasteiger partial charge on any atom is -0.340 e. The second kappa shape index (κ2) is 5.78. The second-order valence-electron chi connectivity index (χ2n) is 4.93. The first-order valence-corrected chi connectivity index (χ1v) is 7.62. The normalized spacial score (nSPS) is 22.3. The highest BCUT2D eigenvalue weighted by molar-refractivity contribution is 7.99. The Labute approximate surface area is 112 Å². The molecule has 0 aromatic rings. The summed E-state index contributed by atoms with van der Waals surface area (Å²) in [7, 11) is 0. The van der Waals surface area contributed by atoms with Crippen LogP contribution in [0.4, 0.5) is 0 Å². The Morgan fingerprint density at radius 2 is 2.11 bits per heavy atom. The van der Waals surface area contributed by atoms with E-state index in [0.717, 1.165) is 37.2 Å². The minimum absolute atomic E-state index is 0.00905. The number of amides is 2. The molecule has 0 atom stereocenters. The highest BCUT2D eigenvalue weighted by atomic mass is 32.2. The van der Waals surface area contributed by atoms with Crippen molar-refractivity contribution in [2.75, 3.05) is 24.6 Å². The van der Waals surface area contributed by atoms with Gasteiger partial charge in [0.05, 0.1) is 6.54 Å². The molecule has 18 heavy (non-hydrogen) atoms. The van der Waals surface area contributed by atoms with E-state index in [1.165, 1.54) is 0 Å². The van der Waals surface area contributed by atoms with Gasteiger partial charge in [0.15, 0.2) is 0 Å². The lowest BCUT2D eigenvalue weighted by Crippen LogP contribution is -2.65. The maximum atomic E-state index is 12.4. The molecule has 1 heterocycles. The molecule has 5 heteroatoms. The van der Waals surface area contributed by atoms with E-state index >= 15 is 0 Å². The molecule has 2 amide bonds. The Kier molecular flexibility index (Phi) is 4.32. The molecule has 1 saturated heterocycles. The summed E-state index contributed by atoms with van der Waals surface area (Å²) in [5.41, 5.74) is -0.571. The molecule has 2 rings (SSSR count). The SMILES string of the molecule is C=CCSCCN1CC(=O)NC2(CCCC2)C1=O. The predicted octanol–water partition coefficient (Wildman–Crippen LogP) is 1.18. The van der Waals surface area contributed by atoms with Gasteiger partial charge in [0.1, 0.15) is 5.54 Å². The summed E-state index contributed by atoms with van der Waals surface area (Å²) >= 11 is 1.74. The summed E-state index contributed by atoms with van der Waals surface area (Å²) < 4.78 is 0. The number of carbonyl (C=O) groups is 2. The molecular formula is C13H20N2O2S. The van der Waals surface area contributed by atoms with E-state index < -0.39 is 5.54 Å². The lowest BCUT2D eigenvalue weighted by molar-refractivity contribution is -0.149. The van der Waals surface area contributed by atoms with Gasteiger partial charge in [-0.2, -0.15) is 11.8 Å². The Hall–Kier alpha value is -0.970. The van der Waals surface area contributed by atoms with Gasteiger partial charge in [0, 0.05) is 18.1 Å². The van der Waals surface area contributed by atoms with Gasteiger partial charge in [-0.05, 0) is 12.8 Å². The molecule has 1 aliphatic heterocycles. The van der Waals surface area contributed by atoms with Crippen LogP contribution in [0.1, 0.15) is 25.7 Å². The number of hydrogen-bond acceptors (Lipinski definition) is 3. The number of thioether (sulfide) groups is 1. The third-order valence-electron chi connectivity index (χ3n) is 3.61. The van der Waals surface area contributed by atoms with Gasteiger partial charge in [-0.1, -0.05) is 18.9 Å². The smallest absolute Gasteiger partial charge is 0.248 e. The zero-order valence-corrected chi connectivity index (χ0v) is 11.4. The summed E-state index contributed by atoms with van der Waals surface area (Å²) in [6, 6.07) is 0. The molecule has 0 bridgehead atoms. The first-order valence-electron chi connectivity index (χ1n) is 6.47. The van der Waals surface area contributed by atoms with E-state index in [2.05, 4.69) is 11.9 Å². The lowest BCUT2D eigenvalue weighted by atomic mass is 9.93. The second-order valence-corrected chi connectivity index (χ2v) is 6.08. The summed E-state index contributed by atoms with van der Waals surface area (Å²) in [5.74, 6) is 1.87. The van der Waals surface area contributed by atoms with Crippen LogP contribution in [-0.2, 0) is 9.59 Å². The van der Waals surface area contributed by atoms with Crippen molar-refractivity contribution in [2.45, 2.75) is 31.2 Å². The highest BCUT2D eigenvalue weighted by Crippen LogP contribution is 2.33. The topological polar surface area (TPSA) is 49.4 Å². The zero-order valence-electron chi connectivity index (χ0n) is 10.6. The van der Waals surface area contributed by atoms with Crippen molar-refractivity contribution in [3.8, 4) is 0 Å². The fourth-order valence-corrected chi connectivity index (χ4v) is 3.43. The fraction of sp³-hybridized carbons (Fsp3) is 0.692. The molecule has 0 radical (unpaired) electrons. The predicted molar refractivity (Wildman–Crippen MR) is 73.4 cm³/mol. The third kappa shape index (κ3) is 2.71. The van der Waals surface area contributed by atoms with Crippen LogP contribution in [0.25, 0.3) is 0 Å². The van der Waals surface area contributed by atoms with Crippen LogP contribution >= 0.6 is 11.8 Å². The van der Waals surface area contributed by atoms with Crippen LogP contribution in [0.3, 0.4) is 0 Å². The van der Waals surface area contributed by atoms with Gasteiger partial charge in [-0.25, -0.2) is 0 Å². The molecule has 1 aliphatic carbocycles. The largest absolute Gasteiger partial charge is 0.340 e. The van der Waals surface area contributed by atoms with Crippen LogP contribution in [0.5, 0.6) is 0 Å². The van der Waals surface area contributed by atoms with Crippen LogP contribution in [0.2, 0.25) is 0 Å². The number of hydrogen-bond donors (Lipinski definition) is 1. The van der Waals surface area contributed by atoms with Crippen LogP contribution in [0.15, 0.2) is 12.7 Å². The minimum atomic E-state index is -0.571. The quantitative estimate of drug-likeness (QED) is 0.601. The Bertz CT molecular complexity index is 351. The van der Waals surface area contributed by atoms with Gasteiger partial charge < -0.3 is 10.2 Å². The summed E-state index contributed by atoms with van der Waals surface area (Å²) in [6.07, 6.45) is 5.52. The molecule has 1 N–H and O–H groups in total. The summed E-state index contributed by atoms with van der Waals surface area (Å²) in [6.45, 7) is 4.54. The monoisotopic (exact) mass is 268 g/mol. The fourth-order valence-electron chi connectivity index (χ4n) is 2.75. The first kappa shape index (κ1) is 13.5. The van der Waals surface area contributed by atoms with E-state index in [4.69, 9.17) is 0 Å². The molecule has 100 valence electrons. The zero-order chi connectivity index (χ0) is 13.0. The number of carbonyl (C=O) groups excluding carboxylic acids is 2. The number of nitrogens with one attached hydrogen (secondary N) is 1. The lowest BCUT2D eigenvalue weighted by Gasteiger charge is -2.39. The average molecular weight is 268 g/mol. The van der Waals surface area contributed by atoms with Crippen molar-refractivity contribution in [1.82, 2.24) is 10.2 Å². The Morgan fingerprint density at radius 3 is 2.78 bits per heavy atom. The average Bonchev–Trinajstić information content (AvgIpc) is 2.80. The van der Waals surface area contributed by atoms with Gasteiger partial charge in [-0.3, -0.25) is 9.59 Å². The molecular weight excluding hydrogens is 248 g/mol. The van der Waals surface area contributed by atoms with Gasteiger partial charge in [0.25, 0.3) is 0 Å². The van der Waals surface area contributed by atoms with Crippen molar-refractivity contribution in [3.05, 3.63) is 12.7 Å². The van der Waals surface area contributed by atoms with Crippen molar-refractivity contribution < 1.29 is 9.59 Å². The number of nitrogens with zero attached hydrogens (tertiary/aromatic N) is 1. The van der Waals surface area contributed by atoms with Crippen molar-refractivity contribution >= 4 is 23.6 Å². The summed E-state index contributed by atoms with van der Waals surface area (Å²) in [5, 5.41) is 2.92. The van der Waals surface area contributed by atoms with Crippen molar-refractivity contribution in [3.63, 3.8) is 0 Å². The van der Waals surface area contributed by atoms with Crippen molar-refractivity contribution in [2.24, 2.45) is 0 Å². The Morgan fingerprint density at radius 1 is 1.39 bits per heavy atom. The van der Waals surface area contributed by atoms with E-state index in [0.29, 0.717) is 6.54 Å². The maximum Gasteiger partial charge on any atom is 0.248 e. The van der Waals surface area contributed by atoms with Gasteiger partial charge in [0.2, 0.25) is 11.8 Å². The molecule has 1 saturated carbocycles. The molecule has 0 unspecified atom stereocenters. The molecule has 0 aromatic carbocycles. The van der Waals surface area contributed by atoms with Gasteiger partial charge in [-0.15, -0.1) is 6.58 Å². The van der Waals surface area contributed by atoms with E-state index in [1.54, 1.807) is 16.7 Å². The van der Waals surface area contributed by atoms with Gasteiger partial charge >= 0.3 is 0 Å². The first-order chi connectivity index (χ1) is 8.68. The van der Waals surface area contributed by atoms with Crippen molar-refractivity contribution in [1.29, 1.82) is 0 Å². The molecule has 0 aromatic heterocycles. The standard InChI is InChI=1S/C13H20N2O2S/c1-2-8-18-9-7-15-10-11(16)14-13(12(15)17)5-3-4-6-13/h2H,1,3-10H2,(H,14,16). The van der Waals surface area contributed by atoms with E-state index in [9.17, 15) is 9.59 Å².